The van der Waals surface area contributed by atoms with E-state index in [1.54, 1.807) is 43.7 Å². The zero-order chi connectivity index (χ0) is 12.8. The van der Waals surface area contributed by atoms with Crippen LogP contribution in [0.2, 0.25) is 0 Å². The minimum absolute atomic E-state index is 0.0333. The summed E-state index contributed by atoms with van der Waals surface area (Å²) in [6.45, 7) is 0. The summed E-state index contributed by atoms with van der Waals surface area (Å²) < 4.78 is 6.87. The van der Waals surface area contributed by atoms with Crippen LogP contribution in [-0.2, 0) is 0 Å². The molecule has 90 valence electrons. The first-order valence-electron chi connectivity index (χ1n) is 5.62. The minimum Gasteiger partial charge on any atom is -0.497 e. The average molecular weight is 240 g/mol. The van der Waals surface area contributed by atoms with Gasteiger partial charge < -0.3 is 4.74 Å². The first-order chi connectivity index (χ1) is 8.79. The minimum atomic E-state index is -0.0333. The third-order valence-electron chi connectivity index (χ3n) is 2.51. The van der Waals surface area contributed by atoms with Crippen LogP contribution in [0.1, 0.15) is 10.4 Å². The Morgan fingerprint density at radius 2 is 1.78 bits per heavy atom. The monoisotopic (exact) mass is 240 g/mol. The number of carbonyl (C=O) groups excluding carboxylic acids is 1. The number of allylic oxidation sites excluding steroid dienone is 1. The summed E-state index contributed by atoms with van der Waals surface area (Å²) >= 11 is 0. The number of aromatic nitrogens is 1. The number of hydrogen-bond donors (Lipinski definition) is 0. The third kappa shape index (κ3) is 3.04. The number of carbonyl (C=O) groups is 1. The Bertz CT molecular complexity index is 544. The Labute approximate surface area is 106 Å². The summed E-state index contributed by atoms with van der Waals surface area (Å²) in [5.41, 5.74) is 0.642. The summed E-state index contributed by atoms with van der Waals surface area (Å²) in [6, 6.07) is 12.8. The molecule has 0 amide bonds. The Morgan fingerprint density at radius 3 is 2.39 bits per heavy atom. The highest BCUT2D eigenvalue weighted by atomic mass is 16.5. The van der Waals surface area contributed by atoms with E-state index in [0.717, 1.165) is 5.75 Å². The lowest BCUT2D eigenvalue weighted by atomic mass is 10.1. The van der Waals surface area contributed by atoms with Gasteiger partial charge in [0.15, 0.2) is 24.4 Å². The summed E-state index contributed by atoms with van der Waals surface area (Å²) in [4.78, 5) is 11.9. The molecular formula is C15H14NO2+. The van der Waals surface area contributed by atoms with Crippen molar-refractivity contribution >= 4 is 12.0 Å². The predicted octanol–water partition coefficient (Wildman–Crippen LogP) is 2.34. The van der Waals surface area contributed by atoms with E-state index >= 15 is 0 Å². The number of nitrogens with zero attached hydrogens (tertiary/aromatic N) is 1. The van der Waals surface area contributed by atoms with Crippen molar-refractivity contribution in [3.63, 3.8) is 0 Å². The molecule has 0 N–H and O–H groups in total. The van der Waals surface area contributed by atoms with Crippen LogP contribution in [0.5, 0.6) is 5.75 Å². The molecule has 1 aromatic carbocycles. The number of methoxy groups -OCH3 is 1. The maximum atomic E-state index is 11.9. The molecule has 3 nitrogen and oxygen atoms in total. The van der Waals surface area contributed by atoms with Crippen LogP contribution in [0.25, 0.3) is 6.20 Å². The fourth-order valence-corrected chi connectivity index (χ4v) is 1.52. The zero-order valence-electron chi connectivity index (χ0n) is 10.1. The van der Waals surface area contributed by atoms with Crippen molar-refractivity contribution in [1.82, 2.24) is 0 Å². The summed E-state index contributed by atoms with van der Waals surface area (Å²) in [5, 5.41) is 0. The number of hydrogen-bond acceptors (Lipinski definition) is 2. The lowest BCUT2D eigenvalue weighted by Gasteiger charge is -1.99. The molecule has 0 bridgehead atoms. The van der Waals surface area contributed by atoms with E-state index in [2.05, 4.69) is 0 Å². The first kappa shape index (κ1) is 12.0. The van der Waals surface area contributed by atoms with Crippen molar-refractivity contribution in [2.24, 2.45) is 0 Å². The Morgan fingerprint density at radius 1 is 1.11 bits per heavy atom. The molecule has 0 spiro atoms. The molecule has 18 heavy (non-hydrogen) atoms. The van der Waals surface area contributed by atoms with Gasteiger partial charge in [-0.05, 0) is 24.3 Å². The molecular weight excluding hydrogens is 226 g/mol. The van der Waals surface area contributed by atoms with Crippen LogP contribution in [0, 0.1) is 0 Å². The number of pyridine rings is 1. The molecule has 0 aliphatic heterocycles. The standard InChI is InChI=1S/C15H14NO2/c1-18-14-7-5-13(6-8-14)15(17)9-12-16-10-3-2-4-11-16/h2-12H,1H3/q+1/b12-9-. The fraction of sp³-hybridized carbons (Fsp3) is 0.0667. The van der Waals surface area contributed by atoms with Gasteiger partial charge in [-0.25, -0.2) is 0 Å². The van der Waals surface area contributed by atoms with E-state index < -0.39 is 0 Å². The van der Waals surface area contributed by atoms with Crippen molar-refractivity contribution in [1.29, 1.82) is 0 Å². The highest BCUT2D eigenvalue weighted by molar-refractivity contribution is 6.05. The van der Waals surface area contributed by atoms with Crippen LogP contribution >= 0.6 is 0 Å². The van der Waals surface area contributed by atoms with E-state index in [0.29, 0.717) is 5.56 Å². The number of ether oxygens (including phenoxy) is 1. The molecule has 0 fully saturated rings. The van der Waals surface area contributed by atoms with E-state index in [-0.39, 0.29) is 5.78 Å². The van der Waals surface area contributed by atoms with Crippen molar-refractivity contribution in [3.8, 4) is 5.75 Å². The number of ketones is 1. The van der Waals surface area contributed by atoms with Gasteiger partial charge in [-0.15, -0.1) is 0 Å². The quantitative estimate of drug-likeness (QED) is 0.466. The largest absolute Gasteiger partial charge is 0.497 e. The van der Waals surface area contributed by atoms with Gasteiger partial charge in [-0.1, -0.05) is 6.07 Å². The van der Waals surface area contributed by atoms with Crippen LogP contribution < -0.4 is 9.30 Å². The molecule has 0 unspecified atom stereocenters. The van der Waals surface area contributed by atoms with Crippen molar-refractivity contribution in [2.75, 3.05) is 7.11 Å². The summed E-state index contributed by atoms with van der Waals surface area (Å²) in [7, 11) is 1.60. The van der Waals surface area contributed by atoms with Gasteiger partial charge in [0.2, 0.25) is 0 Å². The molecule has 1 aromatic heterocycles. The van der Waals surface area contributed by atoms with Crippen LogP contribution in [0.3, 0.4) is 0 Å². The van der Waals surface area contributed by atoms with E-state index in [1.807, 2.05) is 35.2 Å². The van der Waals surface area contributed by atoms with Crippen LogP contribution in [0.4, 0.5) is 0 Å². The average Bonchev–Trinajstić information content (AvgIpc) is 2.46. The summed E-state index contributed by atoms with van der Waals surface area (Å²) in [6.07, 6.45) is 7.02. The normalized spacial score (nSPS) is 10.5. The third-order valence-corrected chi connectivity index (χ3v) is 2.51. The Kier molecular flexibility index (Phi) is 3.86. The smallest absolute Gasteiger partial charge is 0.191 e. The second kappa shape index (κ2) is 5.77. The van der Waals surface area contributed by atoms with Gasteiger partial charge in [0.05, 0.1) is 13.2 Å². The molecule has 2 rings (SSSR count). The SMILES string of the molecule is COc1ccc(C(=O)/C=C\[n+]2ccccc2)cc1. The van der Waals surface area contributed by atoms with Crippen molar-refractivity contribution in [2.45, 2.75) is 0 Å². The lowest BCUT2D eigenvalue weighted by molar-refractivity contribution is -0.568. The van der Waals surface area contributed by atoms with E-state index in [4.69, 9.17) is 4.74 Å². The topological polar surface area (TPSA) is 30.2 Å². The van der Waals surface area contributed by atoms with Gasteiger partial charge in [0, 0.05) is 17.7 Å². The fourth-order valence-electron chi connectivity index (χ4n) is 1.52. The second-order valence-electron chi connectivity index (χ2n) is 3.73. The van der Waals surface area contributed by atoms with Crippen LogP contribution in [-0.4, -0.2) is 12.9 Å². The van der Waals surface area contributed by atoms with Gasteiger partial charge >= 0.3 is 0 Å². The highest BCUT2D eigenvalue weighted by Crippen LogP contribution is 2.11. The molecule has 0 saturated heterocycles. The van der Waals surface area contributed by atoms with Crippen LogP contribution in [0.15, 0.2) is 60.9 Å². The van der Waals surface area contributed by atoms with Gasteiger partial charge in [0.25, 0.3) is 0 Å². The zero-order valence-corrected chi connectivity index (χ0v) is 10.1. The maximum absolute atomic E-state index is 11.9. The molecule has 1 heterocycles. The van der Waals surface area contributed by atoms with Gasteiger partial charge in [-0.2, -0.15) is 4.57 Å². The highest BCUT2D eigenvalue weighted by Gasteiger charge is 2.03. The Hall–Kier alpha value is -2.42. The second-order valence-corrected chi connectivity index (χ2v) is 3.73. The molecule has 2 aromatic rings. The molecule has 0 aliphatic carbocycles. The van der Waals surface area contributed by atoms with Gasteiger partial charge in [-0.3, -0.25) is 4.79 Å². The van der Waals surface area contributed by atoms with Crippen molar-refractivity contribution in [3.05, 3.63) is 66.5 Å². The molecule has 0 atom stereocenters. The van der Waals surface area contributed by atoms with E-state index in [9.17, 15) is 4.79 Å². The Balaban J connectivity index is 2.09. The number of rotatable bonds is 4. The van der Waals surface area contributed by atoms with Crippen molar-refractivity contribution < 1.29 is 14.1 Å². The van der Waals surface area contributed by atoms with E-state index in [1.165, 1.54) is 0 Å². The molecule has 0 aliphatic rings. The van der Waals surface area contributed by atoms with Gasteiger partial charge in [0.1, 0.15) is 5.75 Å². The number of benzene rings is 1. The predicted molar refractivity (Wildman–Crippen MR) is 69.3 cm³/mol. The first-order valence-corrected chi connectivity index (χ1v) is 5.62. The lowest BCUT2D eigenvalue weighted by Crippen LogP contribution is -2.23. The maximum Gasteiger partial charge on any atom is 0.191 e. The molecule has 3 heteroatoms. The molecule has 0 saturated carbocycles. The molecule has 0 radical (unpaired) electrons. The summed E-state index contributed by atoms with van der Waals surface area (Å²) in [5.74, 6) is 0.710.